The predicted octanol–water partition coefficient (Wildman–Crippen LogP) is 6.23. The number of aromatic nitrogens is 3. The fraction of sp³-hybridized carbons (Fsp3) is 0.206. The van der Waals surface area contributed by atoms with Crippen molar-refractivity contribution >= 4 is 17.7 Å². The molecule has 1 aliphatic heterocycles. The van der Waals surface area contributed by atoms with Crippen LogP contribution in [0.25, 0.3) is 11.1 Å². The zero-order valence-corrected chi connectivity index (χ0v) is 24.2. The van der Waals surface area contributed by atoms with E-state index in [2.05, 4.69) is 44.8 Å². The van der Waals surface area contributed by atoms with Gasteiger partial charge in [-0.1, -0.05) is 96.7 Å². The van der Waals surface area contributed by atoms with Crippen molar-refractivity contribution in [2.75, 3.05) is 5.75 Å². The van der Waals surface area contributed by atoms with E-state index in [0.29, 0.717) is 24.3 Å². The molecule has 0 unspecified atom stereocenters. The minimum absolute atomic E-state index is 0.00552. The number of rotatable bonds is 10. The van der Waals surface area contributed by atoms with E-state index in [4.69, 9.17) is 9.47 Å². The van der Waals surface area contributed by atoms with Crippen molar-refractivity contribution in [3.63, 3.8) is 0 Å². The Hall–Kier alpha value is -4.28. The second kappa shape index (κ2) is 13.8. The summed E-state index contributed by atoms with van der Waals surface area (Å²) in [6.07, 6.45) is 1.43. The lowest BCUT2D eigenvalue weighted by Crippen LogP contribution is -2.31. The summed E-state index contributed by atoms with van der Waals surface area (Å²) >= 11 is 1.57. The third-order valence-electron chi connectivity index (χ3n) is 7.35. The first-order chi connectivity index (χ1) is 21.1. The monoisotopic (exact) mass is 592 g/mol. The van der Waals surface area contributed by atoms with Gasteiger partial charge < -0.3 is 19.9 Å². The van der Waals surface area contributed by atoms with Crippen molar-refractivity contribution in [3.05, 3.63) is 137 Å². The number of thioether (sulfide) groups is 1. The number of hydrogen-bond acceptors (Lipinski definition) is 7. The van der Waals surface area contributed by atoms with Crippen LogP contribution in [-0.2, 0) is 22.6 Å². The summed E-state index contributed by atoms with van der Waals surface area (Å²) < 4.78 is 12.9. The highest BCUT2D eigenvalue weighted by Gasteiger charge is 2.32. The Bertz CT molecular complexity index is 1610. The van der Waals surface area contributed by atoms with Crippen LogP contribution >= 0.6 is 11.8 Å². The molecule has 1 aromatic heterocycles. The van der Waals surface area contributed by atoms with Crippen molar-refractivity contribution in [3.8, 4) is 11.1 Å². The number of aliphatic hydroxyl groups excluding tert-OH is 1. The Labute approximate surface area is 254 Å². The molecule has 0 bridgehead atoms. The highest BCUT2D eigenvalue weighted by atomic mass is 32.2. The van der Waals surface area contributed by atoms with E-state index in [1.807, 2.05) is 66.7 Å². The van der Waals surface area contributed by atoms with E-state index < -0.39 is 6.29 Å². The van der Waals surface area contributed by atoms with Gasteiger partial charge in [0, 0.05) is 29.8 Å². The molecule has 1 amide bonds. The van der Waals surface area contributed by atoms with Crippen LogP contribution < -0.4 is 5.32 Å². The van der Waals surface area contributed by atoms with Crippen LogP contribution in [0.4, 0.5) is 0 Å². The molecule has 0 aliphatic carbocycles. The van der Waals surface area contributed by atoms with E-state index >= 15 is 0 Å². The first-order valence-corrected chi connectivity index (χ1v) is 15.1. The third-order valence-corrected chi connectivity index (χ3v) is 8.35. The lowest BCUT2D eigenvalue weighted by molar-refractivity contribution is -0.245. The van der Waals surface area contributed by atoms with Crippen LogP contribution in [-0.4, -0.2) is 38.1 Å². The molecule has 218 valence electrons. The van der Waals surface area contributed by atoms with E-state index in [9.17, 15) is 9.90 Å². The third kappa shape index (κ3) is 7.39. The SMILES string of the molecule is O=C(NCc1cccc(-c2ccc([C@H]3O[C@@H](CSc4ncn[nH]4)C[C@@H](c4ccc(CO)cc4)O3)cc2)c1)c1ccccc1. The Morgan fingerprint density at radius 1 is 0.884 bits per heavy atom. The summed E-state index contributed by atoms with van der Waals surface area (Å²) in [5.74, 6) is 0.606. The number of carbonyl (C=O) groups is 1. The van der Waals surface area contributed by atoms with Crippen LogP contribution in [0.5, 0.6) is 0 Å². The number of nitrogens with zero attached hydrogens (tertiary/aromatic N) is 2. The number of aromatic amines is 1. The van der Waals surface area contributed by atoms with Crippen molar-refractivity contribution in [1.29, 1.82) is 0 Å². The largest absolute Gasteiger partial charge is 0.392 e. The minimum atomic E-state index is -0.537. The minimum Gasteiger partial charge on any atom is -0.392 e. The highest BCUT2D eigenvalue weighted by molar-refractivity contribution is 7.99. The van der Waals surface area contributed by atoms with Gasteiger partial charge >= 0.3 is 0 Å². The summed E-state index contributed by atoms with van der Waals surface area (Å²) in [5, 5.41) is 20.0. The first kappa shape index (κ1) is 28.8. The van der Waals surface area contributed by atoms with Crippen LogP contribution in [0, 0.1) is 0 Å². The molecule has 6 rings (SSSR count). The zero-order chi connectivity index (χ0) is 29.4. The Balaban J connectivity index is 1.15. The zero-order valence-electron chi connectivity index (χ0n) is 23.4. The van der Waals surface area contributed by atoms with Crippen molar-refractivity contribution in [2.45, 2.75) is 43.2 Å². The molecule has 9 heteroatoms. The van der Waals surface area contributed by atoms with Crippen molar-refractivity contribution < 1.29 is 19.4 Å². The molecule has 8 nitrogen and oxygen atoms in total. The van der Waals surface area contributed by atoms with Crippen molar-refractivity contribution in [1.82, 2.24) is 20.5 Å². The van der Waals surface area contributed by atoms with E-state index in [-0.39, 0.29) is 24.7 Å². The number of nitrogens with one attached hydrogen (secondary N) is 2. The lowest BCUT2D eigenvalue weighted by atomic mass is 9.99. The molecular formula is C34H32N4O4S. The van der Waals surface area contributed by atoms with Crippen LogP contribution in [0.15, 0.2) is 115 Å². The molecule has 0 spiro atoms. The number of carbonyl (C=O) groups excluding carboxylic acids is 1. The molecule has 0 radical (unpaired) electrons. The van der Waals surface area contributed by atoms with Gasteiger partial charge in [0.1, 0.15) is 6.33 Å². The van der Waals surface area contributed by atoms with E-state index in [1.54, 1.807) is 23.9 Å². The molecule has 2 heterocycles. The first-order valence-electron chi connectivity index (χ1n) is 14.2. The smallest absolute Gasteiger partial charge is 0.251 e. The Morgan fingerprint density at radius 3 is 2.42 bits per heavy atom. The van der Waals surface area contributed by atoms with Crippen LogP contribution in [0.1, 0.15) is 51.4 Å². The standard InChI is InChI=1S/C34H32N4O4S/c39-20-23-9-11-26(12-10-23)31-18-30(21-43-34-36-22-37-38-34)41-33(42-31)28-15-13-25(14-16-28)29-8-4-5-24(17-29)19-35-32(40)27-6-2-1-3-7-27/h1-17,22,30-31,33,39H,18-21H2,(H,35,40)(H,36,37,38)/t30-,31+,33+/m1/s1. The van der Waals surface area contributed by atoms with Crippen LogP contribution in [0.2, 0.25) is 0 Å². The number of aliphatic hydroxyl groups is 1. The topological polar surface area (TPSA) is 109 Å². The lowest BCUT2D eigenvalue weighted by Gasteiger charge is -2.36. The number of hydrogen-bond donors (Lipinski definition) is 3. The number of ether oxygens (including phenoxy) is 2. The fourth-order valence-corrected chi connectivity index (χ4v) is 5.82. The van der Waals surface area contributed by atoms with E-state index in [1.165, 1.54) is 6.33 Å². The summed E-state index contributed by atoms with van der Waals surface area (Å²) in [6.45, 7) is 0.448. The summed E-state index contributed by atoms with van der Waals surface area (Å²) in [5.41, 5.74) is 6.63. The highest BCUT2D eigenvalue weighted by Crippen LogP contribution is 2.39. The molecule has 1 fully saturated rings. The Morgan fingerprint density at radius 2 is 1.67 bits per heavy atom. The number of H-pyrrole nitrogens is 1. The van der Waals surface area contributed by atoms with Gasteiger partial charge in [-0.15, -0.1) is 0 Å². The summed E-state index contributed by atoms with van der Waals surface area (Å²) in [6, 6.07) is 33.5. The second-order valence-corrected chi connectivity index (χ2v) is 11.3. The fourth-order valence-electron chi connectivity index (χ4n) is 5.03. The van der Waals surface area contributed by atoms with Crippen LogP contribution in [0.3, 0.4) is 0 Å². The predicted molar refractivity (Wildman–Crippen MR) is 165 cm³/mol. The normalized spacial score (nSPS) is 18.3. The molecule has 1 aliphatic rings. The average Bonchev–Trinajstić information content (AvgIpc) is 3.61. The van der Waals surface area contributed by atoms with Gasteiger partial charge in [-0.05, 0) is 46.0 Å². The van der Waals surface area contributed by atoms with Gasteiger partial charge in [0.15, 0.2) is 11.4 Å². The molecule has 5 aromatic rings. The van der Waals surface area contributed by atoms with Gasteiger partial charge in [-0.2, -0.15) is 5.10 Å². The summed E-state index contributed by atoms with van der Waals surface area (Å²) in [4.78, 5) is 16.7. The van der Waals surface area contributed by atoms with Gasteiger partial charge in [0.2, 0.25) is 0 Å². The van der Waals surface area contributed by atoms with E-state index in [0.717, 1.165) is 38.5 Å². The average molecular weight is 593 g/mol. The maximum atomic E-state index is 12.5. The molecule has 0 saturated carbocycles. The maximum absolute atomic E-state index is 12.5. The summed E-state index contributed by atoms with van der Waals surface area (Å²) in [7, 11) is 0. The number of amides is 1. The van der Waals surface area contributed by atoms with Gasteiger partial charge in [0.05, 0.1) is 18.8 Å². The maximum Gasteiger partial charge on any atom is 0.251 e. The van der Waals surface area contributed by atoms with Gasteiger partial charge in [-0.3, -0.25) is 9.89 Å². The molecule has 43 heavy (non-hydrogen) atoms. The van der Waals surface area contributed by atoms with Gasteiger partial charge in [0.25, 0.3) is 5.91 Å². The molecule has 1 saturated heterocycles. The van der Waals surface area contributed by atoms with Crippen molar-refractivity contribution in [2.24, 2.45) is 0 Å². The second-order valence-electron chi connectivity index (χ2n) is 10.3. The molecule has 3 N–H and O–H groups in total. The molecule has 4 aromatic carbocycles. The number of benzene rings is 4. The quantitative estimate of drug-likeness (QED) is 0.165. The van der Waals surface area contributed by atoms with Gasteiger partial charge in [-0.25, -0.2) is 4.98 Å². The molecule has 3 atom stereocenters. The molecular weight excluding hydrogens is 560 g/mol. The Kier molecular flexibility index (Phi) is 9.25.